The summed E-state index contributed by atoms with van der Waals surface area (Å²) in [7, 11) is -1.28. The standard InChI is InChI=1S/C18H17N3O3S/c19-12-13-6-8-14(9-7-13)18(23)21-16(17(20)22)10-11-25(24)15-4-2-1-3-5-15/h1-9,16H,10-11H2,(H2,20,22)(H,21,23)/t16-,25-/m0/s1. The van der Waals surface area contributed by atoms with E-state index in [2.05, 4.69) is 5.32 Å². The maximum Gasteiger partial charge on any atom is 0.251 e. The lowest BCUT2D eigenvalue weighted by atomic mass is 10.1. The van der Waals surface area contributed by atoms with Gasteiger partial charge < -0.3 is 11.1 Å². The molecule has 0 heterocycles. The molecule has 0 spiro atoms. The van der Waals surface area contributed by atoms with Crippen LogP contribution in [0.4, 0.5) is 0 Å². The molecule has 2 amide bonds. The number of nitrogens with zero attached hydrogens (tertiary/aromatic N) is 1. The molecule has 6 nitrogen and oxygen atoms in total. The molecule has 2 atom stereocenters. The largest absolute Gasteiger partial charge is 0.368 e. The minimum Gasteiger partial charge on any atom is -0.368 e. The molecule has 0 aliphatic carbocycles. The summed E-state index contributed by atoms with van der Waals surface area (Å²) in [6, 6.07) is 15.9. The Balaban J connectivity index is 1.98. The van der Waals surface area contributed by atoms with E-state index in [1.807, 2.05) is 12.1 Å². The predicted molar refractivity (Wildman–Crippen MR) is 93.9 cm³/mol. The first-order valence-corrected chi connectivity index (χ1v) is 8.87. The predicted octanol–water partition coefficient (Wildman–Crippen LogP) is 1.34. The summed E-state index contributed by atoms with van der Waals surface area (Å²) >= 11 is 0. The molecule has 0 unspecified atom stereocenters. The maximum absolute atomic E-state index is 12.2. The van der Waals surface area contributed by atoms with Crippen molar-refractivity contribution in [1.29, 1.82) is 5.26 Å². The summed E-state index contributed by atoms with van der Waals surface area (Å²) in [5.74, 6) is -0.962. The smallest absolute Gasteiger partial charge is 0.251 e. The minimum atomic E-state index is -1.28. The lowest BCUT2D eigenvalue weighted by molar-refractivity contribution is -0.119. The summed E-state index contributed by atoms with van der Waals surface area (Å²) in [6.45, 7) is 0. The van der Waals surface area contributed by atoms with Gasteiger partial charge in [0.25, 0.3) is 5.91 Å². The Morgan fingerprint density at radius 3 is 2.32 bits per heavy atom. The van der Waals surface area contributed by atoms with Crippen LogP contribution in [0.2, 0.25) is 0 Å². The molecule has 2 aromatic carbocycles. The van der Waals surface area contributed by atoms with Gasteiger partial charge in [-0.1, -0.05) is 18.2 Å². The number of nitriles is 1. The van der Waals surface area contributed by atoms with E-state index in [9.17, 15) is 13.8 Å². The van der Waals surface area contributed by atoms with Crippen LogP contribution in [0.3, 0.4) is 0 Å². The van der Waals surface area contributed by atoms with Crippen LogP contribution in [0, 0.1) is 11.3 Å². The molecule has 128 valence electrons. The average molecular weight is 355 g/mol. The number of carbonyl (C=O) groups excluding carboxylic acids is 2. The summed E-state index contributed by atoms with van der Waals surface area (Å²) in [6.07, 6.45) is 0.166. The first-order valence-electron chi connectivity index (χ1n) is 7.55. The average Bonchev–Trinajstić information content (AvgIpc) is 2.65. The molecule has 3 N–H and O–H groups in total. The van der Waals surface area contributed by atoms with Crippen LogP contribution in [-0.2, 0) is 15.6 Å². The molecule has 0 fully saturated rings. The molecular formula is C18H17N3O3S. The molecule has 0 aliphatic rings. The Hall–Kier alpha value is -2.98. The van der Waals surface area contributed by atoms with Crippen LogP contribution >= 0.6 is 0 Å². The van der Waals surface area contributed by atoms with Crippen LogP contribution < -0.4 is 11.1 Å². The van der Waals surface area contributed by atoms with Crippen LogP contribution in [0.5, 0.6) is 0 Å². The Bertz CT molecular complexity index is 814. The second-order valence-electron chi connectivity index (χ2n) is 5.27. The lowest BCUT2D eigenvalue weighted by Crippen LogP contribution is -2.45. The number of hydrogen-bond donors (Lipinski definition) is 2. The van der Waals surface area contributed by atoms with Crippen molar-refractivity contribution in [3.8, 4) is 6.07 Å². The van der Waals surface area contributed by atoms with Crippen LogP contribution in [0.15, 0.2) is 59.5 Å². The summed E-state index contributed by atoms with van der Waals surface area (Å²) in [4.78, 5) is 24.4. The van der Waals surface area contributed by atoms with Crippen molar-refractivity contribution in [3.05, 3.63) is 65.7 Å². The van der Waals surface area contributed by atoms with Gasteiger partial charge >= 0.3 is 0 Å². The van der Waals surface area contributed by atoms with E-state index in [0.29, 0.717) is 16.0 Å². The molecule has 7 heteroatoms. The zero-order valence-corrected chi connectivity index (χ0v) is 14.2. The summed E-state index contributed by atoms with van der Waals surface area (Å²) in [5, 5.41) is 11.3. The maximum atomic E-state index is 12.2. The summed E-state index contributed by atoms with van der Waals surface area (Å²) < 4.78 is 12.2. The van der Waals surface area contributed by atoms with Gasteiger partial charge in [0.1, 0.15) is 6.04 Å². The van der Waals surface area contributed by atoms with Crippen molar-refractivity contribution in [2.75, 3.05) is 5.75 Å². The number of amides is 2. The van der Waals surface area contributed by atoms with E-state index >= 15 is 0 Å². The van der Waals surface area contributed by atoms with E-state index in [-0.39, 0.29) is 12.2 Å². The monoisotopic (exact) mass is 355 g/mol. The van der Waals surface area contributed by atoms with Crippen molar-refractivity contribution in [2.24, 2.45) is 5.73 Å². The SMILES string of the molecule is N#Cc1ccc(C(=O)N[C@@H](CC[S@](=O)c2ccccc2)C(N)=O)cc1. The van der Waals surface area contributed by atoms with Gasteiger partial charge in [-0.2, -0.15) is 5.26 Å². The number of nitrogens with one attached hydrogen (secondary N) is 1. The zero-order chi connectivity index (χ0) is 18.2. The van der Waals surface area contributed by atoms with Gasteiger partial charge in [-0.05, 0) is 42.8 Å². The van der Waals surface area contributed by atoms with Crippen molar-refractivity contribution in [3.63, 3.8) is 0 Å². The Kier molecular flexibility index (Phi) is 6.43. The van der Waals surface area contributed by atoms with E-state index in [1.165, 1.54) is 24.3 Å². The first kappa shape index (κ1) is 18.4. The number of nitrogens with two attached hydrogens (primary N) is 1. The highest BCUT2D eigenvalue weighted by Gasteiger charge is 2.20. The fourth-order valence-corrected chi connectivity index (χ4v) is 3.28. The molecule has 0 aliphatic heterocycles. The third-order valence-corrected chi connectivity index (χ3v) is 4.93. The third-order valence-electron chi connectivity index (χ3n) is 3.52. The zero-order valence-electron chi connectivity index (χ0n) is 13.3. The number of primary amides is 1. The molecule has 0 bridgehead atoms. The van der Waals surface area contributed by atoms with E-state index in [0.717, 1.165) is 0 Å². The van der Waals surface area contributed by atoms with Crippen molar-refractivity contribution in [2.45, 2.75) is 17.4 Å². The van der Waals surface area contributed by atoms with Crippen LogP contribution in [0.25, 0.3) is 0 Å². The van der Waals surface area contributed by atoms with Crippen molar-refractivity contribution < 1.29 is 13.8 Å². The fraction of sp³-hybridized carbons (Fsp3) is 0.167. The molecule has 2 aromatic rings. The minimum absolute atomic E-state index is 0.166. The van der Waals surface area contributed by atoms with Crippen molar-refractivity contribution in [1.82, 2.24) is 5.32 Å². The quantitative estimate of drug-likeness (QED) is 0.780. The van der Waals surface area contributed by atoms with Gasteiger partial charge in [0, 0.05) is 16.2 Å². The van der Waals surface area contributed by atoms with Crippen LogP contribution in [-0.4, -0.2) is 27.8 Å². The third kappa shape index (κ3) is 5.26. The van der Waals surface area contributed by atoms with Gasteiger partial charge in [-0.15, -0.1) is 0 Å². The molecule has 2 rings (SSSR count). The lowest BCUT2D eigenvalue weighted by Gasteiger charge is -2.15. The fourth-order valence-electron chi connectivity index (χ4n) is 2.14. The number of carbonyl (C=O) groups is 2. The van der Waals surface area contributed by atoms with Gasteiger partial charge in [0.05, 0.1) is 22.4 Å². The van der Waals surface area contributed by atoms with Gasteiger partial charge in [-0.25, -0.2) is 0 Å². The second kappa shape index (κ2) is 8.76. The number of hydrogen-bond acceptors (Lipinski definition) is 4. The van der Waals surface area contributed by atoms with Gasteiger partial charge in [-0.3, -0.25) is 13.8 Å². The van der Waals surface area contributed by atoms with Crippen LogP contribution in [0.1, 0.15) is 22.3 Å². The highest BCUT2D eigenvalue weighted by molar-refractivity contribution is 7.85. The Morgan fingerprint density at radius 2 is 1.76 bits per heavy atom. The Labute approximate surface area is 148 Å². The summed E-state index contributed by atoms with van der Waals surface area (Å²) in [5.41, 5.74) is 6.08. The molecule has 0 saturated carbocycles. The van der Waals surface area contributed by atoms with Gasteiger partial charge in [0.15, 0.2) is 0 Å². The van der Waals surface area contributed by atoms with E-state index in [1.54, 1.807) is 24.3 Å². The molecule has 0 radical (unpaired) electrons. The molecule has 25 heavy (non-hydrogen) atoms. The first-order chi connectivity index (χ1) is 12.0. The molecule has 0 aromatic heterocycles. The number of benzene rings is 2. The van der Waals surface area contributed by atoms with E-state index in [4.69, 9.17) is 11.0 Å². The van der Waals surface area contributed by atoms with Gasteiger partial charge in [0.2, 0.25) is 5.91 Å². The highest BCUT2D eigenvalue weighted by Crippen LogP contribution is 2.09. The number of rotatable bonds is 7. The van der Waals surface area contributed by atoms with E-state index < -0.39 is 28.7 Å². The second-order valence-corrected chi connectivity index (χ2v) is 6.84. The molecular weight excluding hydrogens is 338 g/mol. The highest BCUT2D eigenvalue weighted by atomic mass is 32.2. The molecule has 0 saturated heterocycles. The normalized spacial score (nSPS) is 12.6. The Morgan fingerprint density at radius 1 is 1.12 bits per heavy atom. The van der Waals surface area contributed by atoms with Crippen molar-refractivity contribution >= 4 is 22.6 Å². The topological polar surface area (TPSA) is 113 Å².